The van der Waals surface area contributed by atoms with Gasteiger partial charge in [-0.05, 0) is 12.8 Å². The van der Waals surface area contributed by atoms with Gasteiger partial charge in [0.1, 0.15) is 0 Å². The van der Waals surface area contributed by atoms with Gasteiger partial charge in [-0.3, -0.25) is 4.79 Å². The SMILES string of the molecule is CCCCCC(=O)N1C[C@H](OC)C[C@H]1CO. The van der Waals surface area contributed by atoms with E-state index in [0.717, 1.165) is 25.7 Å². The van der Waals surface area contributed by atoms with Crippen molar-refractivity contribution >= 4 is 5.91 Å². The standard InChI is InChI=1S/C12H23NO3/c1-3-4-5-6-12(15)13-8-11(16-2)7-10(13)9-14/h10-11,14H,3-9H2,1-2H3/t10-,11+/m0/s1. The summed E-state index contributed by atoms with van der Waals surface area (Å²) in [4.78, 5) is 13.7. The zero-order valence-electron chi connectivity index (χ0n) is 10.3. The van der Waals surface area contributed by atoms with Crippen LogP contribution in [0, 0.1) is 0 Å². The zero-order valence-corrected chi connectivity index (χ0v) is 10.3. The topological polar surface area (TPSA) is 49.8 Å². The first-order chi connectivity index (χ1) is 7.72. The van der Waals surface area contributed by atoms with E-state index >= 15 is 0 Å². The molecule has 0 unspecified atom stereocenters. The summed E-state index contributed by atoms with van der Waals surface area (Å²) in [6.45, 7) is 2.80. The molecule has 0 radical (unpaired) electrons. The first kappa shape index (κ1) is 13.5. The molecular formula is C12H23NO3. The monoisotopic (exact) mass is 229 g/mol. The Morgan fingerprint density at radius 2 is 2.25 bits per heavy atom. The van der Waals surface area contributed by atoms with Gasteiger partial charge in [0.25, 0.3) is 0 Å². The van der Waals surface area contributed by atoms with E-state index in [2.05, 4.69) is 6.92 Å². The van der Waals surface area contributed by atoms with Crippen LogP contribution in [0.3, 0.4) is 0 Å². The second-order valence-electron chi connectivity index (χ2n) is 4.43. The molecule has 0 aromatic carbocycles. The molecule has 0 bridgehead atoms. The lowest BCUT2D eigenvalue weighted by Gasteiger charge is -2.22. The molecular weight excluding hydrogens is 206 g/mol. The molecule has 1 heterocycles. The van der Waals surface area contributed by atoms with Gasteiger partial charge in [-0.15, -0.1) is 0 Å². The summed E-state index contributed by atoms with van der Waals surface area (Å²) in [5.74, 6) is 0.159. The fourth-order valence-corrected chi connectivity index (χ4v) is 2.19. The molecule has 0 aromatic rings. The maximum atomic E-state index is 11.9. The van der Waals surface area contributed by atoms with Gasteiger partial charge in [-0.2, -0.15) is 0 Å². The van der Waals surface area contributed by atoms with E-state index < -0.39 is 0 Å². The van der Waals surface area contributed by atoms with E-state index in [-0.39, 0.29) is 24.7 Å². The van der Waals surface area contributed by atoms with Gasteiger partial charge < -0.3 is 14.7 Å². The fraction of sp³-hybridized carbons (Fsp3) is 0.917. The lowest BCUT2D eigenvalue weighted by molar-refractivity contribution is -0.133. The third-order valence-corrected chi connectivity index (χ3v) is 3.23. The van der Waals surface area contributed by atoms with E-state index in [4.69, 9.17) is 4.74 Å². The van der Waals surface area contributed by atoms with Crippen LogP contribution in [0.15, 0.2) is 0 Å². The molecule has 1 aliphatic heterocycles. The Hall–Kier alpha value is -0.610. The van der Waals surface area contributed by atoms with Crippen molar-refractivity contribution < 1.29 is 14.6 Å². The number of rotatable bonds is 6. The highest BCUT2D eigenvalue weighted by atomic mass is 16.5. The van der Waals surface area contributed by atoms with E-state index in [1.165, 1.54) is 0 Å². The Bertz CT molecular complexity index is 220. The minimum atomic E-state index is -0.0425. The van der Waals surface area contributed by atoms with Gasteiger partial charge in [0, 0.05) is 20.1 Å². The molecule has 1 amide bonds. The molecule has 0 spiro atoms. The predicted octanol–water partition coefficient (Wildman–Crippen LogP) is 1.17. The fourth-order valence-electron chi connectivity index (χ4n) is 2.19. The van der Waals surface area contributed by atoms with Crippen molar-refractivity contribution in [3.8, 4) is 0 Å². The third kappa shape index (κ3) is 3.46. The second kappa shape index (κ2) is 6.86. The highest BCUT2D eigenvalue weighted by molar-refractivity contribution is 5.76. The Labute approximate surface area is 97.6 Å². The number of ether oxygens (including phenoxy) is 1. The quantitative estimate of drug-likeness (QED) is 0.696. The highest BCUT2D eigenvalue weighted by Gasteiger charge is 2.34. The predicted molar refractivity (Wildman–Crippen MR) is 62.1 cm³/mol. The van der Waals surface area contributed by atoms with Crippen LogP contribution >= 0.6 is 0 Å². The largest absolute Gasteiger partial charge is 0.394 e. The molecule has 16 heavy (non-hydrogen) atoms. The Kier molecular flexibility index (Phi) is 5.77. The van der Waals surface area contributed by atoms with Gasteiger partial charge in [-0.25, -0.2) is 0 Å². The number of methoxy groups -OCH3 is 1. The van der Waals surface area contributed by atoms with Gasteiger partial charge in [0.15, 0.2) is 0 Å². The second-order valence-corrected chi connectivity index (χ2v) is 4.43. The molecule has 0 aliphatic carbocycles. The molecule has 1 fully saturated rings. The van der Waals surface area contributed by atoms with Crippen LogP contribution in [-0.4, -0.2) is 48.3 Å². The van der Waals surface area contributed by atoms with Crippen LogP contribution in [0.5, 0.6) is 0 Å². The van der Waals surface area contributed by atoms with E-state index in [9.17, 15) is 9.90 Å². The molecule has 1 aliphatic rings. The number of aliphatic hydroxyl groups is 1. The van der Waals surface area contributed by atoms with Gasteiger partial charge in [0.05, 0.1) is 18.8 Å². The summed E-state index contributed by atoms with van der Waals surface area (Å²) in [5.41, 5.74) is 0. The smallest absolute Gasteiger partial charge is 0.222 e. The average Bonchev–Trinajstić information content (AvgIpc) is 2.72. The van der Waals surface area contributed by atoms with Crippen LogP contribution in [0.1, 0.15) is 39.0 Å². The van der Waals surface area contributed by atoms with Crippen molar-refractivity contribution in [1.29, 1.82) is 0 Å². The van der Waals surface area contributed by atoms with E-state index in [1.807, 2.05) is 0 Å². The number of aliphatic hydroxyl groups excluding tert-OH is 1. The number of hydrogen-bond donors (Lipinski definition) is 1. The zero-order chi connectivity index (χ0) is 12.0. The number of likely N-dealkylation sites (tertiary alicyclic amines) is 1. The van der Waals surface area contributed by atoms with Crippen molar-refractivity contribution in [2.45, 2.75) is 51.2 Å². The number of unbranched alkanes of at least 4 members (excludes halogenated alkanes) is 2. The molecule has 0 saturated carbocycles. The molecule has 4 nitrogen and oxygen atoms in total. The Balaban J connectivity index is 2.41. The van der Waals surface area contributed by atoms with E-state index in [1.54, 1.807) is 12.0 Å². The van der Waals surface area contributed by atoms with Crippen LogP contribution in [0.25, 0.3) is 0 Å². The molecule has 1 N–H and O–H groups in total. The van der Waals surface area contributed by atoms with Crippen molar-refractivity contribution in [3.05, 3.63) is 0 Å². The van der Waals surface area contributed by atoms with Crippen molar-refractivity contribution in [3.63, 3.8) is 0 Å². The Morgan fingerprint density at radius 3 is 2.81 bits per heavy atom. The maximum absolute atomic E-state index is 11.9. The molecule has 94 valence electrons. The van der Waals surface area contributed by atoms with Crippen LogP contribution in [0.2, 0.25) is 0 Å². The van der Waals surface area contributed by atoms with Crippen LogP contribution in [0.4, 0.5) is 0 Å². The lowest BCUT2D eigenvalue weighted by atomic mass is 10.1. The number of carbonyl (C=O) groups excluding carboxylic acids is 1. The number of nitrogens with zero attached hydrogens (tertiary/aromatic N) is 1. The van der Waals surface area contributed by atoms with Crippen LogP contribution < -0.4 is 0 Å². The maximum Gasteiger partial charge on any atom is 0.222 e. The van der Waals surface area contributed by atoms with Gasteiger partial charge in [-0.1, -0.05) is 19.8 Å². The van der Waals surface area contributed by atoms with Gasteiger partial charge >= 0.3 is 0 Å². The highest BCUT2D eigenvalue weighted by Crippen LogP contribution is 2.21. The van der Waals surface area contributed by atoms with E-state index in [0.29, 0.717) is 13.0 Å². The van der Waals surface area contributed by atoms with Crippen molar-refractivity contribution in [2.75, 3.05) is 20.3 Å². The number of amides is 1. The summed E-state index contributed by atoms with van der Waals surface area (Å²) >= 11 is 0. The normalized spacial score (nSPS) is 25.1. The molecule has 2 atom stereocenters. The first-order valence-electron chi connectivity index (χ1n) is 6.16. The lowest BCUT2D eigenvalue weighted by Crippen LogP contribution is -2.37. The summed E-state index contributed by atoms with van der Waals surface area (Å²) < 4.78 is 5.24. The summed E-state index contributed by atoms with van der Waals surface area (Å²) in [5, 5.41) is 9.22. The third-order valence-electron chi connectivity index (χ3n) is 3.23. The van der Waals surface area contributed by atoms with Gasteiger partial charge in [0.2, 0.25) is 5.91 Å². The van der Waals surface area contributed by atoms with Crippen molar-refractivity contribution in [1.82, 2.24) is 4.90 Å². The first-order valence-corrected chi connectivity index (χ1v) is 6.16. The average molecular weight is 229 g/mol. The van der Waals surface area contributed by atoms with Crippen molar-refractivity contribution in [2.24, 2.45) is 0 Å². The van der Waals surface area contributed by atoms with Crippen LogP contribution in [-0.2, 0) is 9.53 Å². The molecule has 0 aromatic heterocycles. The number of hydrogen-bond acceptors (Lipinski definition) is 3. The minimum Gasteiger partial charge on any atom is -0.394 e. The number of carbonyl (C=O) groups is 1. The summed E-state index contributed by atoms with van der Waals surface area (Å²) in [6.07, 6.45) is 4.61. The molecule has 1 rings (SSSR count). The summed E-state index contributed by atoms with van der Waals surface area (Å²) in [7, 11) is 1.66. The molecule has 1 saturated heterocycles. The minimum absolute atomic E-state index is 0.0410. The Morgan fingerprint density at radius 1 is 1.50 bits per heavy atom. The summed E-state index contributed by atoms with van der Waals surface area (Å²) in [6, 6.07) is -0.0425. The molecule has 4 heteroatoms.